The summed E-state index contributed by atoms with van der Waals surface area (Å²) >= 11 is 6.05. The van der Waals surface area contributed by atoms with Crippen LogP contribution in [0.25, 0.3) is 0 Å². The van der Waals surface area contributed by atoms with Crippen LogP contribution in [0.1, 0.15) is 43.0 Å². The van der Waals surface area contributed by atoms with Gasteiger partial charge in [0.25, 0.3) is 5.91 Å². The molecule has 1 saturated heterocycles. The Hall–Kier alpha value is -1.64. The van der Waals surface area contributed by atoms with E-state index in [2.05, 4.69) is 0 Å². The first-order valence-corrected chi connectivity index (χ1v) is 10.7. The highest BCUT2D eigenvalue weighted by Gasteiger charge is 2.27. The van der Waals surface area contributed by atoms with Crippen LogP contribution in [0.5, 0.6) is 0 Å². The minimum absolute atomic E-state index is 0.0622. The van der Waals surface area contributed by atoms with Crippen LogP contribution < -0.4 is 0 Å². The third-order valence-electron chi connectivity index (χ3n) is 4.49. The van der Waals surface area contributed by atoms with E-state index < -0.39 is 22.1 Å². The number of esters is 1. The number of likely N-dealkylation sites (tertiary alicyclic amines) is 1. The molecule has 7 nitrogen and oxygen atoms in total. The molecule has 150 valence electrons. The lowest BCUT2D eigenvalue weighted by molar-refractivity contribution is -0.139. The Morgan fingerprint density at radius 1 is 1.15 bits per heavy atom. The van der Waals surface area contributed by atoms with Gasteiger partial charge in [-0.2, -0.15) is 0 Å². The Morgan fingerprint density at radius 3 is 2.30 bits per heavy atom. The summed E-state index contributed by atoms with van der Waals surface area (Å²) in [6.45, 7) is 2.82. The molecule has 1 amide bonds. The average Bonchev–Trinajstić information content (AvgIpc) is 2.90. The van der Waals surface area contributed by atoms with Gasteiger partial charge in [-0.3, -0.25) is 4.79 Å². The van der Waals surface area contributed by atoms with Crippen LogP contribution in [0.2, 0.25) is 5.02 Å². The van der Waals surface area contributed by atoms with Crippen molar-refractivity contribution in [3.63, 3.8) is 0 Å². The molecule has 2 rings (SSSR count). The fraction of sp³-hybridized carbons (Fsp3) is 0.556. The number of rotatable bonds is 5. The van der Waals surface area contributed by atoms with E-state index >= 15 is 0 Å². The molecule has 1 fully saturated rings. The van der Waals surface area contributed by atoms with Crippen LogP contribution in [-0.2, 0) is 19.6 Å². The van der Waals surface area contributed by atoms with Crippen LogP contribution in [0, 0.1) is 0 Å². The molecule has 9 heteroatoms. The molecule has 0 radical (unpaired) electrons. The summed E-state index contributed by atoms with van der Waals surface area (Å²) in [6, 6.07) is 3.82. The number of carbonyl (C=O) groups is 2. The number of sulfonamides is 1. The molecule has 0 unspecified atom stereocenters. The highest BCUT2D eigenvalue weighted by atomic mass is 35.5. The molecular formula is C18H25ClN2O5S. The van der Waals surface area contributed by atoms with Gasteiger partial charge < -0.3 is 9.64 Å². The second-order valence-corrected chi connectivity index (χ2v) is 9.28. The highest BCUT2D eigenvalue weighted by Crippen LogP contribution is 2.23. The first-order chi connectivity index (χ1) is 12.6. The molecule has 1 aromatic carbocycles. The molecule has 1 aliphatic heterocycles. The first-order valence-electron chi connectivity index (χ1n) is 8.86. The van der Waals surface area contributed by atoms with Crippen LogP contribution >= 0.6 is 11.6 Å². The zero-order valence-corrected chi connectivity index (χ0v) is 17.3. The molecule has 1 aromatic rings. The molecule has 0 bridgehead atoms. The zero-order chi connectivity index (χ0) is 20.2. The second-order valence-electron chi connectivity index (χ2n) is 6.72. The van der Waals surface area contributed by atoms with Crippen LogP contribution in [0.3, 0.4) is 0 Å². The van der Waals surface area contributed by atoms with Gasteiger partial charge in [0.05, 0.1) is 15.5 Å². The van der Waals surface area contributed by atoms with E-state index in [1.54, 1.807) is 4.90 Å². The normalized spacial score (nSPS) is 16.7. The Labute approximate surface area is 165 Å². The van der Waals surface area contributed by atoms with Gasteiger partial charge in [0.15, 0.2) is 6.10 Å². The maximum atomic E-state index is 12.5. The molecule has 0 saturated carbocycles. The molecule has 0 aliphatic carbocycles. The van der Waals surface area contributed by atoms with Crippen molar-refractivity contribution in [1.29, 1.82) is 0 Å². The van der Waals surface area contributed by atoms with Crippen molar-refractivity contribution in [2.45, 2.75) is 43.6 Å². The average molecular weight is 417 g/mol. The lowest BCUT2D eigenvalue weighted by atomic mass is 10.2. The topological polar surface area (TPSA) is 84.0 Å². The Kier molecular flexibility index (Phi) is 7.25. The summed E-state index contributed by atoms with van der Waals surface area (Å²) in [7, 11) is -0.938. The van der Waals surface area contributed by atoms with Crippen molar-refractivity contribution in [1.82, 2.24) is 9.21 Å². The molecule has 1 atom stereocenters. The SMILES string of the molecule is C[C@@H](OC(=O)c1cc(S(=O)(=O)N(C)C)ccc1Cl)C(=O)N1CCCCCC1. The molecule has 1 heterocycles. The van der Waals surface area contributed by atoms with E-state index in [1.807, 2.05) is 0 Å². The second kappa shape index (κ2) is 9.03. The van der Waals surface area contributed by atoms with Crippen molar-refractivity contribution in [2.24, 2.45) is 0 Å². The number of hydrogen-bond acceptors (Lipinski definition) is 5. The number of hydrogen-bond donors (Lipinski definition) is 0. The van der Waals surface area contributed by atoms with E-state index in [0.717, 1.165) is 30.0 Å². The van der Waals surface area contributed by atoms with Gasteiger partial charge in [-0.15, -0.1) is 0 Å². The lowest BCUT2D eigenvalue weighted by Crippen LogP contribution is -2.40. The van der Waals surface area contributed by atoms with Crippen molar-refractivity contribution >= 4 is 33.5 Å². The number of ether oxygens (including phenoxy) is 1. The quantitative estimate of drug-likeness (QED) is 0.688. The third kappa shape index (κ3) is 5.21. The first kappa shape index (κ1) is 21.7. The monoisotopic (exact) mass is 416 g/mol. The smallest absolute Gasteiger partial charge is 0.340 e. The summed E-state index contributed by atoms with van der Waals surface area (Å²) in [5, 5.41) is 0.0622. The summed E-state index contributed by atoms with van der Waals surface area (Å²) in [4.78, 5) is 26.7. The van der Waals surface area contributed by atoms with Gasteiger partial charge >= 0.3 is 5.97 Å². The van der Waals surface area contributed by atoms with Gasteiger partial charge in [-0.1, -0.05) is 24.4 Å². The van der Waals surface area contributed by atoms with E-state index in [4.69, 9.17) is 16.3 Å². The van der Waals surface area contributed by atoms with Gasteiger partial charge in [0, 0.05) is 27.2 Å². The lowest BCUT2D eigenvalue weighted by Gasteiger charge is -2.24. The summed E-state index contributed by atoms with van der Waals surface area (Å²) in [6.07, 6.45) is 3.06. The predicted molar refractivity (Wildman–Crippen MR) is 102 cm³/mol. The van der Waals surface area contributed by atoms with Crippen molar-refractivity contribution in [3.05, 3.63) is 28.8 Å². The fourth-order valence-corrected chi connectivity index (χ4v) is 3.98. The number of amides is 1. The van der Waals surface area contributed by atoms with E-state index in [1.165, 1.54) is 39.2 Å². The molecule has 0 spiro atoms. The van der Waals surface area contributed by atoms with Crippen molar-refractivity contribution < 1.29 is 22.7 Å². The fourth-order valence-electron chi connectivity index (χ4n) is 2.85. The minimum Gasteiger partial charge on any atom is -0.449 e. The maximum Gasteiger partial charge on any atom is 0.340 e. The van der Waals surface area contributed by atoms with Crippen molar-refractivity contribution in [2.75, 3.05) is 27.2 Å². The maximum absolute atomic E-state index is 12.5. The van der Waals surface area contributed by atoms with E-state index in [0.29, 0.717) is 13.1 Å². The zero-order valence-electron chi connectivity index (χ0n) is 15.8. The third-order valence-corrected chi connectivity index (χ3v) is 6.63. The largest absolute Gasteiger partial charge is 0.449 e. The van der Waals surface area contributed by atoms with Crippen LogP contribution in [0.4, 0.5) is 0 Å². The summed E-state index contributed by atoms with van der Waals surface area (Å²) in [5.41, 5.74) is -0.0879. The van der Waals surface area contributed by atoms with Gasteiger partial charge in [-0.05, 0) is 38.0 Å². The molecular weight excluding hydrogens is 392 g/mol. The number of nitrogens with zero attached hydrogens (tertiary/aromatic N) is 2. The summed E-state index contributed by atoms with van der Waals surface area (Å²) in [5.74, 6) is -1.08. The molecule has 0 N–H and O–H groups in total. The number of benzene rings is 1. The van der Waals surface area contributed by atoms with Crippen LogP contribution in [0.15, 0.2) is 23.1 Å². The van der Waals surface area contributed by atoms with Crippen molar-refractivity contribution in [3.8, 4) is 0 Å². The Balaban J connectivity index is 2.16. The van der Waals surface area contributed by atoms with E-state index in [9.17, 15) is 18.0 Å². The van der Waals surface area contributed by atoms with Gasteiger partial charge in [0.2, 0.25) is 10.0 Å². The number of halogens is 1. The van der Waals surface area contributed by atoms with E-state index in [-0.39, 0.29) is 21.4 Å². The Morgan fingerprint density at radius 2 is 1.74 bits per heavy atom. The molecule has 0 aromatic heterocycles. The minimum atomic E-state index is -3.72. The number of carbonyl (C=O) groups excluding carboxylic acids is 2. The van der Waals surface area contributed by atoms with Gasteiger partial charge in [-0.25, -0.2) is 17.5 Å². The predicted octanol–water partition coefficient (Wildman–Crippen LogP) is 2.54. The highest BCUT2D eigenvalue weighted by molar-refractivity contribution is 7.89. The van der Waals surface area contributed by atoms with Gasteiger partial charge in [0.1, 0.15) is 0 Å². The standard InChI is InChI=1S/C18H25ClN2O5S/c1-13(17(22)21-10-6-4-5-7-11-21)26-18(23)15-12-14(8-9-16(15)19)27(24,25)20(2)3/h8-9,12-13H,4-7,10-11H2,1-3H3/t13-/m1/s1. The Bertz CT molecular complexity index is 802. The summed E-state index contributed by atoms with van der Waals surface area (Å²) < 4.78 is 30.8. The molecule has 27 heavy (non-hydrogen) atoms. The molecule has 1 aliphatic rings. The van der Waals surface area contributed by atoms with Crippen LogP contribution in [-0.4, -0.2) is 62.8 Å².